The van der Waals surface area contributed by atoms with Crippen molar-refractivity contribution in [1.82, 2.24) is 4.98 Å². The average Bonchev–Trinajstić information content (AvgIpc) is 3.28. The number of aryl methyl sites for hydroxylation is 3. The number of aliphatic hydroxyl groups is 1. The van der Waals surface area contributed by atoms with Gasteiger partial charge >= 0.3 is 0 Å². The van der Waals surface area contributed by atoms with E-state index in [9.17, 15) is 19.5 Å². The molecule has 2 N–H and O–H groups in total. The molecule has 3 aromatic rings. The van der Waals surface area contributed by atoms with Gasteiger partial charge in [0.1, 0.15) is 0 Å². The largest absolute Gasteiger partial charge is 0.503 e. The Balaban J connectivity index is 1.87. The fourth-order valence-corrected chi connectivity index (χ4v) is 5.03. The number of benzene rings is 2. The van der Waals surface area contributed by atoms with Crippen LogP contribution >= 0.6 is 11.3 Å². The zero-order valence-electron chi connectivity index (χ0n) is 19.4. The van der Waals surface area contributed by atoms with E-state index >= 15 is 0 Å². The Hall–Kier alpha value is -3.78. The number of hydrogen-bond donors (Lipinski definition) is 2. The molecule has 8 heteroatoms. The molecule has 34 heavy (non-hydrogen) atoms. The summed E-state index contributed by atoms with van der Waals surface area (Å²) in [4.78, 5) is 44.7. The Morgan fingerprint density at radius 3 is 2.44 bits per heavy atom. The first-order valence-corrected chi connectivity index (χ1v) is 11.7. The van der Waals surface area contributed by atoms with Crippen molar-refractivity contribution in [1.29, 1.82) is 0 Å². The van der Waals surface area contributed by atoms with Gasteiger partial charge in [-0.05, 0) is 49.6 Å². The molecule has 0 saturated heterocycles. The van der Waals surface area contributed by atoms with Crippen LogP contribution < -0.4 is 10.2 Å². The van der Waals surface area contributed by atoms with E-state index in [1.165, 1.54) is 23.2 Å². The molecule has 0 fully saturated rings. The van der Waals surface area contributed by atoms with E-state index in [0.29, 0.717) is 27.5 Å². The molecule has 0 bridgehead atoms. The number of Topliss-reactive ketones (excluding diaryl/α,β-unsaturated/α-hetero) is 1. The number of aliphatic hydroxyl groups excluding tert-OH is 1. The van der Waals surface area contributed by atoms with Gasteiger partial charge in [-0.1, -0.05) is 37.3 Å². The van der Waals surface area contributed by atoms with E-state index in [4.69, 9.17) is 0 Å². The van der Waals surface area contributed by atoms with Gasteiger partial charge in [0.15, 0.2) is 5.76 Å². The van der Waals surface area contributed by atoms with E-state index in [0.717, 1.165) is 17.0 Å². The predicted octanol–water partition coefficient (Wildman–Crippen LogP) is 5.06. The van der Waals surface area contributed by atoms with Crippen LogP contribution in [0.15, 0.2) is 59.9 Å². The highest BCUT2D eigenvalue weighted by molar-refractivity contribution is 7.14. The summed E-state index contributed by atoms with van der Waals surface area (Å²) >= 11 is 1.24. The summed E-state index contributed by atoms with van der Waals surface area (Å²) in [5.41, 5.74) is 3.35. The van der Waals surface area contributed by atoms with Crippen LogP contribution in [0.4, 0.5) is 11.4 Å². The Labute approximate surface area is 201 Å². The summed E-state index contributed by atoms with van der Waals surface area (Å²) in [6.45, 7) is 6.99. The van der Waals surface area contributed by atoms with Crippen LogP contribution in [0.3, 0.4) is 0 Å². The van der Waals surface area contributed by atoms with Gasteiger partial charge in [0.2, 0.25) is 11.7 Å². The molecule has 2 aromatic carbocycles. The van der Waals surface area contributed by atoms with Crippen molar-refractivity contribution in [3.63, 3.8) is 0 Å². The number of carbonyl (C=O) groups excluding carboxylic acids is 3. The van der Waals surface area contributed by atoms with Crippen LogP contribution in [0.5, 0.6) is 0 Å². The van der Waals surface area contributed by atoms with Gasteiger partial charge in [-0.25, -0.2) is 4.98 Å². The summed E-state index contributed by atoms with van der Waals surface area (Å²) in [5.74, 6) is -1.92. The van der Waals surface area contributed by atoms with Gasteiger partial charge in [0.25, 0.3) is 5.91 Å². The Kier molecular flexibility index (Phi) is 6.34. The van der Waals surface area contributed by atoms with Crippen molar-refractivity contribution in [2.24, 2.45) is 0 Å². The Bertz CT molecular complexity index is 1320. The third-order valence-corrected chi connectivity index (χ3v) is 6.78. The lowest BCUT2D eigenvalue weighted by atomic mass is 9.94. The lowest BCUT2D eigenvalue weighted by molar-refractivity contribution is -0.117. The Morgan fingerprint density at radius 1 is 1.15 bits per heavy atom. The van der Waals surface area contributed by atoms with Crippen LogP contribution in [-0.2, 0) is 16.0 Å². The fourth-order valence-electron chi connectivity index (χ4n) is 4.16. The maximum atomic E-state index is 13.6. The molecule has 0 radical (unpaired) electrons. The molecule has 2 heterocycles. The van der Waals surface area contributed by atoms with E-state index in [2.05, 4.69) is 10.3 Å². The molecular weight excluding hydrogens is 450 g/mol. The maximum absolute atomic E-state index is 13.6. The van der Waals surface area contributed by atoms with Gasteiger partial charge in [-0.15, -0.1) is 11.3 Å². The minimum absolute atomic E-state index is 0.0194. The highest BCUT2D eigenvalue weighted by Gasteiger charge is 2.45. The standard InChI is InChI=1S/C26H25N3O4S/c1-5-17-9-11-18(12-10-17)22-21(23(31)25-14(2)27-16(4)34-25)24(32)26(33)29(22)20-8-6-7-19(13-20)28-15(3)30/h6-13,22,32H,5H2,1-4H3,(H,28,30). The van der Waals surface area contributed by atoms with Gasteiger partial charge in [-0.3, -0.25) is 19.3 Å². The normalized spacial score (nSPS) is 15.7. The number of hydrogen-bond acceptors (Lipinski definition) is 6. The first-order valence-electron chi connectivity index (χ1n) is 10.9. The molecule has 1 aliphatic heterocycles. The zero-order chi connectivity index (χ0) is 24.6. The summed E-state index contributed by atoms with van der Waals surface area (Å²) in [5, 5.41) is 14.4. The highest BCUT2D eigenvalue weighted by atomic mass is 32.1. The van der Waals surface area contributed by atoms with Crippen LogP contribution in [0.1, 0.15) is 51.4 Å². The van der Waals surface area contributed by atoms with Crippen LogP contribution in [0.25, 0.3) is 0 Å². The number of aromatic nitrogens is 1. The zero-order valence-corrected chi connectivity index (χ0v) is 20.2. The number of rotatable bonds is 6. The molecule has 174 valence electrons. The van der Waals surface area contributed by atoms with Crippen molar-refractivity contribution in [3.8, 4) is 0 Å². The van der Waals surface area contributed by atoms with Crippen molar-refractivity contribution >= 4 is 40.3 Å². The number of ketones is 1. The topological polar surface area (TPSA) is 99.6 Å². The van der Waals surface area contributed by atoms with Crippen molar-refractivity contribution in [3.05, 3.63) is 86.6 Å². The van der Waals surface area contributed by atoms with Crippen molar-refractivity contribution < 1.29 is 19.5 Å². The minimum atomic E-state index is -0.833. The van der Waals surface area contributed by atoms with E-state index in [1.54, 1.807) is 31.2 Å². The quantitative estimate of drug-likeness (QED) is 0.485. The molecule has 1 aliphatic rings. The second-order valence-electron chi connectivity index (χ2n) is 8.14. The summed E-state index contributed by atoms with van der Waals surface area (Å²) < 4.78 is 0. The molecule has 0 aliphatic carbocycles. The number of nitrogens with zero attached hydrogens (tertiary/aromatic N) is 2. The number of nitrogens with one attached hydrogen (secondary N) is 1. The summed E-state index contributed by atoms with van der Waals surface area (Å²) in [6, 6.07) is 13.6. The smallest absolute Gasteiger partial charge is 0.294 e. The SMILES string of the molecule is CCc1ccc(C2C(C(=O)c3sc(C)nc3C)=C(O)C(=O)N2c2cccc(NC(C)=O)c2)cc1. The van der Waals surface area contributed by atoms with Gasteiger partial charge in [0.05, 0.1) is 27.2 Å². The Morgan fingerprint density at radius 2 is 1.85 bits per heavy atom. The number of carbonyl (C=O) groups is 3. The van der Waals surface area contributed by atoms with Crippen LogP contribution in [-0.4, -0.2) is 27.7 Å². The fraction of sp³-hybridized carbons (Fsp3) is 0.231. The first kappa shape index (κ1) is 23.4. The highest BCUT2D eigenvalue weighted by Crippen LogP contribution is 2.43. The van der Waals surface area contributed by atoms with E-state index in [-0.39, 0.29) is 11.5 Å². The lowest BCUT2D eigenvalue weighted by Gasteiger charge is -2.27. The summed E-state index contributed by atoms with van der Waals surface area (Å²) in [7, 11) is 0. The van der Waals surface area contributed by atoms with E-state index < -0.39 is 23.5 Å². The predicted molar refractivity (Wildman–Crippen MR) is 132 cm³/mol. The third-order valence-electron chi connectivity index (χ3n) is 5.71. The molecule has 2 amide bonds. The van der Waals surface area contributed by atoms with Crippen LogP contribution in [0, 0.1) is 13.8 Å². The van der Waals surface area contributed by atoms with Crippen molar-refractivity contribution in [2.75, 3.05) is 10.2 Å². The number of anilines is 2. The minimum Gasteiger partial charge on any atom is -0.503 e. The number of thiazole rings is 1. The maximum Gasteiger partial charge on any atom is 0.294 e. The average molecular weight is 476 g/mol. The lowest BCUT2D eigenvalue weighted by Crippen LogP contribution is -2.31. The van der Waals surface area contributed by atoms with Crippen molar-refractivity contribution in [2.45, 2.75) is 40.2 Å². The van der Waals surface area contributed by atoms with Gasteiger partial charge in [-0.2, -0.15) is 0 Å². The molecular formula is C26H25N3O4S. The molecule has 4 rings (SSSR count). The molecule has 0 spiro atoms. The monoisotopic (exact) mass is 475 g/mol. The molecule has 1 atom stereocenters. The van der Waals surface area contributed by atoms with Crippen LogP contribution in [0.2, 0.25) is 0 Å². The second-order valence-corrected chi connectivity index (χ2v) is 9.35. The van der Waals surface area contributed by atoms with Gasteiger partial charge in [0, 0.05) is 18.3 Å². The molecule has 7 nitrogen and oxygen atoms in total. The number of amides is 2. The molecule has 1 aromatic heterocycles. The first-order chi connectivity index (χ1) is 16.2. The molecule has 1 unspecified atom stereocenters. The summed E-state index contributed by atoms with van der Waals surface area (Å²) in [6.07, 6.45) is 0.846. The second kappa shape index (κ2) is 9.23. The van der Waals surface area contributed by atoms with E-state index in [1.807, 2.05) is 38.1 Å². The third kappa shape index (κ3) is 4.24. The van der Waals surface area contributed by atoms with Gasteiger partial charge < -0.3 is 10.4 Å². The molecule has 0 saturated carbocycles.